The van der Waals surface area contributed by atoms with Crippen molar-refractivity contribution >= 4 is 0 Å². The second-order valence-corrected chi connectivity index (χ2v) is 5.75. The molecule has 16 heavy (non-hydrogen) atoms. The van der Waals surface area contributed by atoms with Gasteiger partial charge in [-0.05, 0) is 31.6 Å². The van der Waals surface area contributed by atoms with Gasteiger partial charge in [0.2, 0.25) is 0 Å². The quantitative estimate of drug-likeness (QED) is 0.737. The highest BCUT2D eigenvalue weighted by atomic mass is 16.5. The molecule has 0 radical (unpaired) electrons. The van der Waals surface area contributed by atoms with Gasteiger partial charge in [-0.25, -0.2) is 0 Å². The van der Waals surface area contributed by atoms with E-state index in [0.717, 1.165) is 24.8 Å². The van der Waals surface area contributed by atoms with Crippen molar-refractivity contribution in [2.24, 2.45) is 11.8 Å². The SMILES string of the molecule is CC1CC(C)C(C)N(C2COCCC2O)C1. The Morgan fingerprint density at radius 2 is 2.00 bits per heavy atom. The summed E-state index contributed by atoms with van der Waals surface area (Å²) in [5.41, 5.74) is 0. The Bertz CT molecular complexity index is 234. The van der Waals surface area contributed by atoms with Crippen molar-refractivity contribution in [3.8, 4) is 0 Å². The maximum atomic E-state index is 10.1. The third kappa shape index (κ3) is 2.41. The lowest BCUT2D eigenvalue weighted by Crippen LogP contribution is -2.57. The van der Waals surface area contributed by atoms with E-state index in [4.69, 9.17) is 4.74 Å². The van der Waals surface area contributed by atoms with Gasteiger partial charge in [-0.15, -0.1) is 0 Å². The average Bonchev–Trinajstić information content (AvgIpc) is 2.24. The molecule has 3 heteroatoms. The smallest absolute Gasteiger partial charge is 0.0739 e. The van der Waals surface area contributed by atoms with E-state index >= 15 is 0 Å². The first-order valence-corrected chi connectivity index (χ1v) is 6.61. The zero-order valence-electron chi connectivity index (χ0n) is 10.7. The predicted octanol–water partition coefficient (Wildman–Crippen LogP) is 1.50. The van der Waals surface area contributed by atoms with Gasteiger partial charge in [0, 0.05) is 19.2 Å². The lowest BCUT2D eigenvalue weighted by atomic mass is 9.84. The summed E-state index contributed by atoms with van der Waals surface area (Å²) in [5.74, 6) is 1.46. The van der Waals surface area contributed by atoms with E-state index in [1.165, 1.54) is 6.42 Å². The fourth-order valence-corrected chi connectivity index (χ4v) is 3.22. The third-order valence-electron chi connectivity index (χ3n) is 4.36. The molecular weight excluding hydrogens is 202 g/mol. The maximum Gasteiger partial charge on any atom is 0.0739 e. The minimum atomic E-state index is -0.200. The van der Waals surface area contributed by atoms with Gasteiger partial charge in [-0.3, -0.25) is 4.90 Å². The van der Waals surface area contributed by atoms with Crippen LogP contribution in [-0.4, -0.2) is 48.0 Å². The van der Waals surface area contributed by atoms with Crippen LogP contribution < -0.4 is 0 Å². The molecule has 2 heterocycles. The van der Waals surface area contributed by atoms with Crippen LogP contribution in [0.15, 0.2) is 0 Å². The Hall–Kier alpha value is -0.120. The van der Waals surface area contributed by atoms with Gasteiger partial charge in [0.1, 0.15) is 0 Å². The molecule has 5 unspecified atom stereocenters. The van der Waals surface area contributed by atoms with Crippen LogP contribution in [0.1, 0.15) is 33.6 Å². The molecule has 0 spiro atoms. The lowest BCUT2D eigenvalue weighted by Gasteiger charge is -2.47. The van der Waals surface area contributed by atoms with Crippen molar-refractivity contribution in [2.75, 3.05) is 19.8 Å². The molecule has 2 aliphatic heterocycles. The first-order valence-electron chi connectivity index (χ1n) is 6.61. The van der Waals surface area contributed by atoms with Gasteiger partial charge in [0.25, 0.3) is 0 Å². The van der Waals surface area contributed by atoms with Gasteiger partial charge in [0.15, 0.2) is 0 Å². The van der Waals surface area contributed by atoms with Crippen LogP contribution in [0, 0.1) is 11.8 Å². The van der Waals surface area contributed by atoms with Crippen molar-refractivity contribution < 1.29 is 9.84 Å². The summed E-state index contributed by atoms with van der Waals surface area (Å²) < 4.78 is 5.52. The second kappa shape index (κ2) is 5.03. The van der Waals surface area contributed by atoms with E-state index < -0.39 is 0 Å². The summed E-state index contributed by atoms with van der Waals surface area (Å²) in [6.07, 6.45) is 1.89. The zero-order valence-corrected chi connectivity index (χ0v) is 10.7. The molecule has 0 saturated carbocycles. The van der Waals surface area contributed by atoms with Crippen molar-refractivity contribution in [2.45, 2.75) is 51.8 Å². The highest BCUT2D eigenvalue weighted by Gasteiger charge is 2.37. The highest BCUT2D eigenvalue weighted by molar-refractivity contribution is 4.90. The zero-order chi connectivity index (χ0) is 11.7. The van der Waals surface area contributed by atoms with Crippen LogP contribution in [0.4, 0.5) is 0 Å². The monoisotopic (exact) mass is 227 g/mol. The van der Waals surface area contributed by atoms with E-state index in [1.807, 2.05) is 0 Å². The normalized spacial score (nSPS) is 46.9. The molecular formula is C13H25NO2. The van der Waals surface area contributed by atoms with Crippen LogP contribution >= 0.6 is 0 Å². The first kappa shape index (κ1) is 12.3. The van der Waals surface area contributed by atoms with Crippen LogP contribution in [0.3, 0.4) is 0 Å². The fourth-order valence-electron chi connectivity index (χ4n) is 3.22. The molecule has 2 fully saturated rings. The van der Waals surface area contributed by atoms with Crippen LogP contribution in [0.5, 0.6) is 0 Å². The predicted molar refractivity (Wildman–Crippen MR) is 64.3 cm³/mol. The lowest BCUT2D eigenvalue weighted by molar-refractivity contribution is -0.0921. The first-order chi connectivity index (χ1) is 7.59. The number of hydrogen-bond acceptors (Lipinski definition) is 3. The second-order valence-electron chi connectivity index (χ2n) is 5.75. The third-order valence-corrected chi connectivity index (χ3v) is 4.36. The molecule has 0 amide bonds. The molecule has 0 aromatic carbocycles. The highest BCUT2D eigenvalue weighted by Crippen LogP contribution is 2.30. The van der Waals surface area contributed by atoms with Crippen LogP contribution in [0.2, 0.25) is 0 Å². The molecule has 3 nitrogen and oxygen atoms in total. The molecule has 5 atom stereocenters. The minimum absolute atomic E-state index is 0.200. The summed E-state index contributed by atoms with van der Waals surface area (Å²) in [6.45, 7) is 9.44. The van der Waals surface area contributed by atoms with E-state index in [0.29, 0.717) is 19.3 Å². The molecule has 0 aliphatic carbocycles. The molecule has 2 rings (SSSR count). The Morgan fingerprint density at radius 3 is 2.69 bits per heavy atom. The molecule has 0 aromatic heterocycles. The number of nitrogens with zero attached hydrogens (tertiary/aromatic N) is 1. The summed E-state index contributed by atoms with van der Waals surface area (Å²) >= 11 is 0. The number of aliphatic hydroxyl groups is 1. The minimum Gasteiger partial charge on any atom is -0.391 e. The number of aliphatic hydroxyl groups excluding tert-OH is 1. The van der Waals surface area contributed by atoms with E-state index in [2.05, 4.69) is 25.7 Å². The fraction of sp³-hybridized carbons (Fsp3) is 1.00. The number of hydrogen-bond donors (Lipinski definition) is 1. The van der Waals surface area contributed by atoms with Gasteiger partial charge in [-0.2, -0.15) is 0 Å². The Balaban J connectivity index is 2.05. The number of piperidine rings is 1. The average molecular weight is 227 g/mol. The standard InChI is InChI=1S/C13H25NO2/c1-9-6-10(2)11(3)14(7-9)12-8-16-5-4-13(12)15/h9-13,15H,4-8H2,1-3H3. The van der Waals surface area contributed by atoms with Crippen LogP contribution in [-0.2, 0) is 4.74 Å². The van der Waals surface area contributed by atoms with Gasteiger partial charge in [-0.1, -0.05) is 13.8 Å². The van der Waals surface area contributed by atoms with Gasteiger partial charge < -0.3 is 9.84 Å². The largest absolute Gasteiger partial charge is 0.391 e. The van der Waals surface area contributed by atoms with Crippen LogP contribution in [0.25, 0.3) is 0 Å². The molecule has 94 valence electrons. The van der Waals surface area contributed by atoms with Gasteiger partial charge >= 0.3 is 0 Å². The number of likely N-dealkylation sites (tertiary alicyclic amines) is 1. The molecule has 2 saturated heterocycles. The van der Waals surface area contributed by atoms with E-state index in [1.54, 1.807) is 0 Å². The summed E-state index contributed by atoms with van der Waals surface area (Å²) in [5, 5.41) is 10.1. The van der Waals surface area contributed by atoms with Crippen molar-refractivity contribution in [3.05, 3.63) is 0 Å². The van der Waals surface area contributed by atoms with Gasteiger partial charge in [0.05, 0.1) is 18.8 Å². The maximum absolute atomic E-state index is 10.1. The molecule has 0 bridgehead atoms. The molecule has 2 aliphatic rings. The Labute approximate surface area is 98.8 Å². The Kier molecular flexibility index (Phi) is 3.88. The summed E-state index contributed by atoms with van der Waals surface area (Å²) in [4.78, 5) is 2.47. The Morgan fingerprint density at radius 1 is 1.25 bits per heavy atom. The summed E-state index contributed by atoms with van der Waals surface area (Å²) in [6, 6.07) is 0.784. The number of rotatable bonds is 1. The van der Waals surface area contributed by atoms with Crippen molar-refractivity contribution in [1.29, 1.82) is 0 Å². The van der Waals surface area contributed by atoms with E-state index in [9.17, 15) is 5.11 Å². The van der Waals surface area contributed by atoms with E-state index in [-0.39, 0.29) is 12.1 Å². The molecule has 1 N–H and O–H groups in total. The molecule has 0 aromatic rings. The number of ether oxygens (including phenoxy) is 1. The topological polar surface area (TPSA) is 32.7 Å². The van der Waals surface area contributed by atoms with Crippen molar-refractivity contribution in [3.63, 3.8) is 0 Å². The van der Waals surface area contributed by atoms with Crippen molar-refractivity contribution in [1.82, 2.24) is 4.90 Å². The summed E-state index contributed by atoms with van der Waals surface area (Å²) in [7, 11) is 0.